The highest BCUT2D eigenvalue weighted by Crippen LogP contribution is 2.32. The Balaban J connectivity index is 2.30. The van der Waals surface area contributed by atoms with E-state index < -0.39 is 0 Å². The molecule has 0 radical (unpaired) electrons. The zero-order valence-corrected chi connectivity index (χ0v) is 9.26. The molecule has 0 bridgehead atoms. The van der Waals surface area contributed by atoms with Crippen LogP contribution >= 0.6 is 0 Å². The van der Waals surface area contributed by atoms with Gasteiger partial charge >= 0.3 is 0 Å². The quantitative estimate of drug-likeness (QED) is 0.757. The molecule has 82 valence electrons. The molecule has 1 fully saturated rings. The molecule has 0 heterocycles. The first-order chi connectivity index (χ1) is 7.09. The average Bonchev–Trinajstić information content (AvgIpc) is 2.08. The van der Waals surface area contributed by atoms with Crippen LogP contribution in [0.3, 0.4) is 0 Å². The van der Waals surface area contributed by atoms with Crippen molar-refractivity contribution in [3.05, 3.63) is 23.5 Å². The van der Waals surface area contributed by atoms with Crippen molar-refractivity contribution in [1.29, 1.82) is 0 Å². The third-order valence-corrected chi connectivity index (χ3v) is 3.31. The Morgan fingerprint density at radius 3 is 2.60 bits per heavy atom. The van der Waals surface area contributed by atoms with E-state index in [1.54, 1.807) is 6.92 Å². The van der Waals surface area contributed by atoms with E-state index in [1.165, 1.54) is 25.3 Å². The summed E-state index contributed by atoms with van der Waals surface area (Å²) in [5.74, 6) is -0.224. The average molecular weight is 208 g/mol. The van der Waals surface area contributed by atoms with Gasteiger partial charge in [0, 0.05) is 13.1 Å². The molecule has 1 aliphatic rings. The van der Waals surface area contributed by atoms with E-state index in [1.807, 2.05) is 13.1 Å². The van der Waals surface area contributed by atoms with Crippen LogP contribution in [0.1, 0.15) is 24.8 Å². The van der Waals surface area contributed by atoms with Gasteiger partial charge in [-0.05, 0) is 43.9 Å². The lowest BCUT2D eigenvalue weighted by molar-refractivity contribution is 0.401. The summed E-state index contributed by atoms with van der Waals surface area (Å²) in [6, 6.07) is 3.83. The molecule has 1 aromatic rings. The van der Waals surface area contributed by atoms with Crippen molar-refractivity contribution in [3.8, 4) is 0 Å². The number of halogens is 1. The van der Waals surface area contributed by atoms with Crippen LogP contribution in [-0.2, 0) is 0 Å². The van der Waals surface area contributed by atoms with Crippen LogP contribution in [0.5, 0.6) is 0 Å². The smallest absolute Gasteiger partial charge is 0.128 e. The molecule has 2 N–H and O–H groups in total. The topological polar surface area (TPSA) is 29.3 Å². The van der Waals surface area contributed by atoms with E-state index in [2.05, 4.69) is 4.90 Å². The molecule has 15 heavy (non-hydrogen) atoms. The maximum absolute atomic E-state index is 13.2. The Morgan fingerprint density at radius 2 is 2.07 bits per heavy atom. The Hall–Kier alpha value is -1.25. The maximum atomic E-state index is 13.2. The van der Waals surface area contributed by atoms with Crippen LogP contribution in [0.4, 0.5) is 15.8 Å². The minimum Gasteiger partial charge on any atom is -0.397 e. The standard InChI is InChI=1S/C12H17FN2/c1-8-6-12(11(14)7-10(8)13)15(2)9-4-3-5-9/h6-7,9H,3-5,14H2,1-2H3. The lowest BCUT2D eigenvalue weighted by atomic mass is 9.91. The van der Waals surface area contributed by atoms with E-state index >= 15 is 0 Å². The van der Waals surface area contributed by atoms with Crippen LogP contribution in [0.15, 0.2) is 12.1 Å². The van der Waals surface area contributed by atoms with Crippen LogP contribution in [0.2, 0.25) is 0 Å². The first-order valence-corrected chi connectivity index (χ1v) is 5.38. The molecule has 3 heteroatoms. The SMILES string of the molecule is Cc1cc(N(C)C2CCC2)c(N)cc1F. The monoisotopic (exact) mass is 208 g/mol. The summed E-state index contributed by atoms with van der Waals surface area (Å²) in [6.45, 7) is 1.77. The summed E-state index contributed by atoms with van der Waals surface area (Å²) in [5, 5.41) is 0. The van der Waals surface area contributed by atoms with Crippen LogP contribution in [0, 0.1) is 12.7 Å². The molecule has 0 aliphatic heterocycles. The van der Waals surface area contributed by atoms with Crippen molar-refractivity contribution in [3.63, 3.8) is 0 Å². The van der Waals surface area contributed by atoms with E-state index in [4.69, 9.17) is 5.73 Å². The van der Waals surface area contributed by atoms with Gasteiger partial charge in [0.15, 0.2) is 0 Å². The van der Waals surface area contributed by atoms with Gasteiger partial charge < -0.3 is 10.6 Å². The highest BCUT2D eigenvalue weighted by atomic mass is 19.1. The van der Waals surface area contributed by atoms with Crippen molar-refractivity contribution in [2.45, 2.75) is 32.2 Å². The van der Waals surface area contributed by atoms with Crippen LogP contribution in [0.25, 0.3) is 0 Å². The number of nitrogens with zero attached hydrogens (tertiary/aromatic N) is 1. The van der Waals surface area contributed by atoms with Crippen molar-refractivity contribution >= 4 is 11.4 Å². The summed E-state index contributed by atoms with van der Waals surface area (Å²) >= 11 is 0. The molecule has 0 spiro atoms. The van der Waals surface area contributed by atoms with Crippen molar-refractivity contribution in [2.24, 2.45) is 0 Å². The maximum Gasteiger partial charge on any atom is 0.128 e. The van der Waals surface area contributed by atoms with Crippen LogP contribution in [-0.4, -0.2) is 13.1 Å². The lowest BCUT2D eigenvalue weighted by Crippen LogP contribution is -2.37. The Kier molecular flexibility index (Phi) is 2.55. The highest BCUT2D eigenvalue weighted by molar-refractivity contribution is 5.69. The fourth-order valence-corrected chi connectivity index (χ4v) is 1.96. The van der Waals surface area contributed by atoms with Gasteiger partial charge in [-0.2, -0.15) is 0 Å². The predicted octanol–water partition coefficient (Wildman–Crippen LogP) is 2.71. The molecular formula is C12H17FN2. The zero-order chi connectivity index (χ0) is 11.0. The molecule has 0 aromatic heterocycles. The van der Waals surface area contributed by atoms with Crippen molar-refractivity contribution in [1.82, 2.24) is 0 Å². The van der Waals surface area contributed by atoms with Gasteiger partial charge in [0.1, 0.15) is 5.82 Å². The number of nitrogens with two attached hydrogens (primary N) is 1. The third-order valence-electron chi connectivity index (χ3n) is 3.31. The Bertz CT molecular complexity index is 372. The van der Waals surface area contributed by atoms with Gasteiger partial charge in [-0.1, -0.05) is 0 Å². The van der Waals surface area contributed by atoms with Crippen molar-refractivity contribution in [2.75, 3.05) is 17.7 Å². The summed E-state index contributed by atoms with van der Waals surface area (Å²) in [4.78, 5) is 2.17. The van der Waals surface area contributed by atoms with Gasteiger partial charge in [-0.15, -0.1) is 0 Å². The molecule has 1 saturated carbocycles. The molecule has 1 aliphatic carbocycles. The summed E-state index contributed by atoms with van der Waals surface area (Å²) < 4.78 is 13.2. The summed E-state index contributed by atoms with van der Waals surface area (Å²) in [7, 11) is 2.03. The fraction of sp³-hybridized carbons (Fsp3) is 0.500. The minimum atomic E-state index is -0.224. The van der Waals surface area contributed by atoms with Gasteiger partial charge in [0.05, 0.1) is 11.4 Å². The van der Waals surface area contributed by atoms with Crippen LogP contribution < -0.4 is 10.6 Å². The molecule has 2 rings (SSSR count). The van der Waals surface area contributed by atoms with Gasteiger partial charge in [-0.25, -0.2) is 4.39 Å². The van der Waals surface area contributed by atoms with E-state index in [9.17, 15) is 4.39 Å². The predicted molar refractivity (Wildman–Crippen MR) is 61.6 cm³/mol. The first kappa shape index (κ1) is 10.3. The second-order valence-corrected chi connectivity index (χ2v) is 4.36. The number of aryl methyl sites for hydroxylation is 1. The van der Waals surface area contributed by atoms with E-state index in [-0.39, 0.29) is 5.82 Å². The normalized spacial score (nSPS) is 16.2. The molecule has 0 saturated heterocycles. The number of hydrogen-bond donors (Lipinski definition) is 1. The first-order valence-electron chi connectivity index (χ1n) is 5.38. The fourth-order valence-electron chi connectivity index (χ4n) is 1.96. The Labute approximate surface area is 89.9 Å². The van der Waals surface area contributed by atoms with Gasteiger partial charge in [-0.3, -0.25) is 0 Å². The second-order valence-electron chi connectivity index (χ2n) is 4.36. The molecule has 1 aromatic carbocycles. The third kappa shape index (κ3) is 1.78. The number of hydrogen-bond acceptors (Lipinski definition) is 2. The van der Waals surface area contributed by atoms with E-state index in [0.29, 0.717) is 17.3 Å². The van der Waals surface area contributed by atoms with Gasteiger partial charge in [0.25, 0.3) is 0 Å². The van der Waals surface area contributed by atoms with E-state index in [0.717, 1.165) is 5.69 Å². The molecule has 0 atom stereocenters. The largest absolute Gasteiger partial charge is 0.397 e. The molecule has 0 amide bonds. The second kappa shape index (κ2) is 3.72. The minimum absolute atomic E-state index is 0.224. The Morgan fingerprint density at radius 1 is 1.40 bits per heavy atom. The highest BCUT2D eigenvalue weighted by Gasteiger charge is 2.23. The number of rotatable bonds is 2. The number of nitrogen functional groups attached to an aromatic ring is 1. The molecule has 0 unspecified atom stereocenters. The zero-order valence-electron chi connectivity index (χ0n) is 9.26. The molecular weight excluding hydrogens is 191 g/mol. The number of anilines is 2. The lowest BCUT2D eigenvalue weighted by Gasteiger charge is -2.37. The molecule has 2 nitrogen and oxygen atoms in total. The van der Waals surface area contributed by atoms with Crippen molar-refractivity contribution < 1.29 is 4.39 Å². The summed E-state index contributed by atoms with van der Waals surface area (Å²) in [6.07, 6.45) is 3.72. The summed E-state index contributed by atoms with van der Waals surface area (Å²) in [5.41, 5.74) is 7.98. The van der Waals surface area contributed by atoms with Gasteiger partial charge in [0.2, 0.25) is 0 Å². The number of benzene rings is 1.